The molecule has 0 radical (unpaired) electrons. The van der Waals surface area contributed by atoms with Crippen LogP contribution in [0.4, 0.5) is 13.2 Å². The van der Waals surface area contributed by atoms with Crippen molar-refractivity contribution in [3.05, 3.63) is 29.3 Å². The third-order valence-corrected chi connectivity index (χ3v) is 5.32. The molecule has 1 aromatic carbocycles. The highest BCUT2D eigenvalue weighted by atomic mass is 32.2. The molecule has 0 amide bonds. The molecule has 10 heteroatoms. The van der Waals surface area contributed by atoms with Crippen LogP contribution in [0.2, 0.25) is 0 Å². The summed E-state index contributed by atoms with van der Waals surface area (Å²) in [5.41, 5.74) is -1.22. The normalized spacial score (nSPS) is 17.6. The van der Waals surface area contributed by atoms with E-state index in [0.29, 0.717) is 12.7 Å². The molecule has 0 spiro atoms. The minimum absolute atomic E-state index is 0.0474. The minimum atomic E-state index is -4.74. The maximum absolute atomic E-state index is 13.1. The van der Waals surface area contributed by atoms with Crippen LogP contribution in [0.1, 0.15) is 18.1 Å². The number of epoxide rings is 1. The molecule has 1 unspecified atom stereocenters. The number of hydrogen-bond donors (Lipinski definition) is 0. The molecule has 1 heterocycles. The van der Waals surface area contributed by atoms with Gasteiger partial charge in [-0.15, -0.1) is 0 Å². The highest BCUT2D eigenvalue weighted by molar-refractivity contribution is 7.89. The monoisotopic (exact) mass is 381 g/mol. The Bertz CT molecular complexity index is 744. The average Bonchev–Trinajstić information content (AvgIpc) is 3.30. The Morgan fingerprint density at radius 1 is 1.36 bits per heavy atom. The second-order valence-electron chi connectivity index (χ2n) is 5.59. The first-order valence-electron chi connectivity index (χ1n) is 7.48. The van der Waals surface area contributed by atoms with Crippen LogP contribution >= 0.6 is 0 Å². The number of halogens is 3. The van der Waals surface area contributed by atoms with Crippen LogP contribution in [0.25, 0.3) is 0 Å². The zero-order valence-corrected chi connectivity index (χ0v) is 14.5. The first-order valence-corrected chi connectivity index (χ1v) is 8.92. The van der Waals surface area contributed by atoms with Crippen molar-refractivity contribution < 1.29 is 35.9 Å². The second kappa shape index (κ2) is 7.30. The topological polar surface area (TPSA) is 76.2 Å². The molecule has 1 atom stereocenters. The maximum Gasteiger partial charge on any atom is 0.416 e. The van der Waals surface area contributed by atoms with E-state index in [2.05, 4.69) is 0 Å². The summed E-state index contributed by atoms with van der Waals surface area (Å²) < 4.78 is 74.9. The van der Waals surface area contributed by atoms with Crippen molar-refractivity contribution in [1.29, 1.82) is 0 Å². The van der Waals surface area contributed by atoms with Crippen molar-refractivity contribution in [2.45, 2.75) is 30.5 Å². The summed E-state index contributed by atoms with van der Waals surface area (Å²) in [4.78, 5) is 11.0. The van der Waals surface area contributed by atoms with Crippen LogP contribution in [0, 0.1) is 0 Å². The van der Waals surface area contributed by atoms with Crippen LogP contribution in [0.3, 0.4) is 0 Å². The summed E-state index contributed by atoms with van der Waals surface area (Å²) >= 11 is 0. The van der Waals surface area contributed by atoms with Crippen LogP contribution in [0.15, 0.2) is 23.1 Å². The smallest absolute Gasteiger partial charge is 0.416 e. The Morgan fingerprint density at radius 3 is 2.52 bits per heavy atom. The molecule has 0 bridgehead atoms. The fraction of sp³-hybridized carbons (Fsp3) is 0.533. The zero-order chi connectivity index (χ0) is 18.8. The number of likely N-dealkylation sites (N-methyl/N-ethyl adjacent to an activating group) is 1. The summed E-state index contributed by atoms with van der Waals surface area (Å²) in [5.74, 6) is -0.732. The van der Waals surface area contributed by atoms with Gasteiger partial charge in [-0.1, -0.05) is 0 Å². The first-order chi connectivity index (χ1) is 11.5. The zero-order valence-electron chi connectivity index (χ0n) is 13.7. The van der Waals surface area contributed by atoms with Gasteiger partial charge < -0.3 is 9.47 Å². The molecule has 1 aromatic rings. The fourth-order valence-corrected chi connectivity index (χ4v) is 3.49. The van der Waals surface area contributed by atoms with E-state index in [9.17, 15) is 26.4 Å². The van der Waals surface area contributed by atoms with Gasteiger partial charge in [-0.2, -0.15) is 17.5 Å². The first kappa shape index (κ1) is 19.7. The number of hydrogen-bond acceptors (Lipinski definition) is 5. The van der Waals surface area contributed by atoms with Crippen LogP contribution < -0.4 is 0 Å². The average molecular weight is 381 g/mol. The number of ether oxygens (including phenoxy) is 2. The number of rotatable bonds is 7. The lowest BCUT2D eigenvalue weighted by Gasteiger charge is -2.18. The van der Waals surface area contributed by atoms with Gasteiger partial charge in [0.15, 0.2) is 0 Å². The number of carbonyl (C=O) groups excluding carboxylic acids is 1. The van der Waals surface area contributed by atoms with Gasteiger partial charge in [0.2, 0.25) is 10.0 Å². The van der Waals surface area contributed by atoms with Gasteiger partial charge in [0.05, 0.1) is 36.2 Å². The molecule has 1 aliphatic rings. The molecule has 2 rings (SSSR count). The van der Waals surface area contributed by atoms with Crippen molar-refractivity contribution in [3.8, 4) is 0 Å². The van der Waals surface area contributed by atoms with Gasteiger partial charge in [-0.3, -0.25) is 4.79 Å². The molecule has 140 valence electrons. The molecule has 0 N–H and O–H groups in total. The van der Waals surface area contributed by atoms with E-state index in [0.717, 1.165) is 16.4 Å². The van der Waals surface area contributed by atoms with Crippen LogP contribution in [0.5, 0.6) is 0 Å². The highest BCUT2D eigenvalue weighted by Crippen LogP contribution is 2.32. The fourth-order valence-electron chi connectivity index (χ4n) is 2.19. The predicted octanol–water partition coefficient (Wildman–Crippen LogP) is 1.83. The number of alkyl halides is 3. The van der Waals surface area contributed by atoms with Gasteiger partial charge in [0.1, 0.15) is 0 Å². The third-order valence-electron chi connectivity index (χ3n) is 3.52. The molecule has 0 saturated carbocycles. The predicted molar refractivity (Wildman–Crippen MR) is 81.3 cm³/mol. The number of benzene rings is 1. The largest absolute Gasteiger partial charge is 0.466 e. The number of esters is 1. The standard InChI is InChI=1S/C15H18F3NO5S/c1-3-23-14(20)6-10-4-11(15(16,17)18)7-13(5-10)25(21,22)19(2)8-12-9-24-12/h4-5,7,12H,3,6,8-9H2,1-2H3. The van der Waals surface area contributed by atoms with Crippen molar-refractivity contribution in [1.82, 2.24) is 4.31 Å². The van der Waals surface area contributed by atoms with Crippen LogP contribution in [-0.4, -0.2) is 51.6 Å². The Kier molecular flexibility index (Phi) is 5.75. The summed E-state index contributed by atoms with van der Waals surface area (Å²) in [6, 6.07) is 2.37. The molecule has 1 aliphatic heterocycles. The number of sulfonamides is 1. The molecule has 1 saturated heterocycles. The molecule has 0 aliphatic carbocycles. The molecule has 25 heavy (non-hydrogen) atoms. The number of carbonyl (C=O) groups is 1. The summed E-state index contributed by atoms with van der Waals surface area (Å²) in [5, 5.41) is 0. The lowest BCUT2D eigenvalue weighted by molar-refractivity contribution is -0.142. The summed E-state index contributed by atoms with van der Waals surface area (Å²) in [6.07, 6.45) is -5.44. The van der Waals surface area contributed by atoms with Gasteiger partial charge in [0, 0.05) is 13.6 Å². The van der Waals surface area contributed by atoms with E-state index in [4.69, 9.17) is 9.47 Å². The maximum atomic E-state index is 13.1. The molecule has 6 nitrogen and oxygen atoms in total. The Labute approximate surface area is 143 Å². The molecular formula is C15H18F3NO5S. The van der Waals surface area contributed by atoms with Gasteiger partial charge >= 0.3 is 12.1 Å². The number of nitrogens with zero attached hydrogens (tertiary/aromatic N) is 1. The SMILES string of the molecule is CCOC(=O)Cc1cc(C(F)(F)F)cc(S(=O)(=O)N(C)CC2CO2)c1. The lowest BCUT2D eigenvalue weighted by Crippen LogP contribution is -2.31. The Balaban J connectivity index is 2.39. The Morgan fingerprint density at radius 2 is 2.00 bits per heavy atom. The molecule has 0 aromatic heterocycles. The molecular weight excluding hydrogens is 363 g/mol. The van der Waals surface area contributed by atoms with Crippen molar-refractivity contribution in [2.75, 3.05) is 26.8 Å². The van der Waals surface area contributed by atoms with Crippen molar-refractivity contribution in [2.24, 2.45) is 0 Å². The lowest BCUT2D eigenvalue weighted by atomic mass is 10.1. The Hall–Kier alpha value is -1.65. The second-order valence-corrected chi connectivity index (χ2v) is 7.63. The van der Waals surface area contributed by atoms with E-state index in [1.807, 2.05) is 0 Å². The molecule has 1 fully saturated rings. The van der Waals surface area contributed by atoms with Crippen LogP contribution in [-0.2, 0) is 36.9 Å². The van der Waals surface area contributed by atoms with Gasteiger partial charge in [-0.25, -0.2) is 8.42 Å². The third kappa shape index (κ3) is 5.16. The van der Waals surface area contributed by atoms with Crippen molar-refractivity contribution in [3.63, 3.8) is 0 Å². The van der Waals surface area contributed by atoms with E-state index in [1.165, 1.54) is 7.05 Å². The highest BCUT2D eigenvalue weighted by Gasteiger charge is 2.35. The van der Waals surface area contributed by atoms with E-state index in [-0.39, 0.29) is 24.8 Å². The van der Waals surface area contributed by atoms with E-state index < -0.39 is 39.0 Å². The van der Waals surface area contributed by atoms with Gasteiger partial charge in [0.25, 0.3) is 0 Å². The van der Waals surface area contributed by atoms with Crippen molar-refractivity contribution >= 4 is 16.0 Å². The minimum Gasteiger partial charge on any atom is -0.466 e. The van der Waals surface area contributed by atoms with E-state index in [1.54, 1.807) is 6.92 Å². The summed E-state index contributed by atoms with van der Waals surface area (Å²) in [6.45, 7) is 2.10. The summed E-state index contributed by atoms with van der Waals surface area (Å²) in [7, 11) is -2.88. The van der Waals surface area contributed by atoms with Gasteiger partial charge in [-0.05, 0) is 30.7 Å². The quantitative estimate of drug-likeness (QED) is 0.532. The van der Waals surface area contributed by atoms with E-state index >= 15 is 0 Å².